The van der Waals surface area contributed by atoms with E-state index in [2.05, 4.69) is 16.9 Å². The topological polar surface area (TPSA) is 56.7 Å². The summed E-state index contributed by atoms with van der Waals surface area (Å²) in [5.41, 5.74) is 6.48. The lowest BCUT2D eigenvalue weighted by Crippen LogP contribution is -2.15. The highest BCUT2D eigenvalue weighted by molar-refractivity contribution is 7.80. The van der Waals surface area contributed by atoms with Crippen molar-refractivity contribution >= 4 is 17.2 Å². The Hall–Kier alpha value is -1.75. The summed E-state index contributed by atoms with van der Waals surface area (Å²) in [6, 6.07) is 3.70. The van der Waals surface area contributed by atoms with Crippen LogP contribution in [0, 0.1) is 0 Å². The van der Waals surface area contributed by atoms with Crippen LogP contribution in [0.25, 0.3) is 5.82 Å². The predicted molar refractivity (Wildman–Crippen MR) is 71.2 cm³/mol. The van der Waals surface area contributed by atoms with Crippen LogP contribution in [0.2, 0.25) is 0 Å². The average molecular weight is 246 g/mol. The van der Waals surface area contributed by atoms with Gasteiger partial charge >= 0.3 is 0 Å². The number of hydrogen-bond acceptors (Lipinski definition) is 3. The Morgan fingerprint density at radius 1 is 1.41 bits per heavy atom. The number of rotatable bonds is 4. The molecule has 4 nitrogen and oxygen atoms in total. The summed E-state index contributed by atoms with van der Waals surface area (Å²) in [7, 11) is 0. The quantitative estimate of drug-likeness (QED) is 0.837. The second-order valence-electron chi connectivity index (χ2n) is 3.70. The minimum atomic E-state index is 0.351. The highest BCUT2D eigenvalue weighted by atomic mass is 32.1. The number of nitrogens with two attached hydrogens (primary N) is 1. The van der Waals surface area contributed by atoms with Gasteiger partial charge in [0.25, 0.3) is 0 Å². The van der Waals surface area contributed by atoms with Crippen molar-refractivity contribution in [2.45, 2.75) is 19.8 Å². The van der Waals surface area contributed by atoms with Crippen LogP contribution in [0.4, 0.5) is 0 Å². The van der Waals surface area contributed by atoms with E-state index in [1.54, 1.807) is 12.4 Å². The first-order chi connectivity index (χ1) is 8.24. The van der Waals surface area contributed by atoms with Gasteiger partial charge in [0, 0.05) is 25.0 Å². The summed E-state index contributed by atoms with van der Waals surface area (Å²) >= 11 is 5.04. The number of aromatic nitrogens is 3. The van der Waals surface area contributed by atoms with E-state index in [1.807, 2.05) is 22.9 Å². The molecule has 0 aliphatic carbocycles. The van der Waals surface area contributed by atoms with Crippen LogP contribution in [0.3, 0.4) is 0 Å². The molecule has 0 fully saturated rings. The van der Waals surface area contributed by atoms with E-state index in [4.69, 9.17) is 18.0 Å². The van der Waals surface area contributed by atoms with Crippen LogP contribution in [0.1, 0.15) is 24.7 Å². The summed E-state index contributed by atoms with van der Waals surface area (Å²) in [5, 5.41) is 0. The Labute approximate surface area is 106 Å². The fourth-order valence-corrected chi connectivity index (χ4v) is 1.88. The van der Waals surface area contributed by atoms with Gasteiger partial charge in [-0.15, -0.1) is 0 Å². The van der Waals surface area contributed by atoms with E-state index >= 15 is 0 Å². The largest absolute Gasteiger partial charge is 0.389 e. The summed E-state index contributed by atoms with van der Waals surface area (Å²) in [5.74, 6) is 1.73. The van der Waals surface area contributed by atoms with E-state index < -0.39 is 0 Å². The van der Waals surface area contributed by atoms with Crippen LogP contribution < -0.4 is 5.73 Å². The zero-order valence-corrected chi connectivity index (χ0v) is 10.4. The van der Waals surface area contributed by atoms with Gasteiger partial charge in [0.15, 0.2) is 0 Å². The third-order valence-corrected chi connectivity index (χ3v) is 2.69. The standard InChI is InChI=1S/C12H14N4S/c1-2-4-10-14-7-8-16(10)12-9(11(13)17)5-3-6-15-12/h3,5-8H,2,4H2,1H3,(H2,13,17). The molecule has 2 aromatic rings. The van der Waals surface area contributed by atoms with Crippen molar-refractivity contribution < 1.29 is 0 Å². The molecule has 2 heterocycles. The molecule has 0 atom stereocenters. The third kappa shape index (κ3) is 2.34. The molecule has 0 aliphatic heterocycles. The van der Waals surface area contributed by atoms with Crippen molar-refractivity contribution in [1.29, 1.82) is 0 Å². The molecule has 0 aliphatic rings. The van der Waals surface area contributed by atoms with Crippen LogP contribution in [0.15, 0.2) is 30.7 Å². The van der Waals surface area contributed by atoms with Crippen molar-refractivity contribution in [3.05, 3.63) is 42.1 Å². The number of thiocarbonyl (C=S) groups is 1. The highest BCUT2D eigenvalue weighted by Crippen LogP contribution is 2.14. The van der Waals surface area contributed by atoms with Crippen molar-refractivity contribution in [2.24, 2.45) is 5.73 Å². The van der Waals surface area contributed by atoms with Gasteiger partial charge in [-0.3, -0.25) is 4.57 Å². The minimum Gasteiger partial charge on any atom is -0.389 e. The van der Waals surface area contributed by atoms with E-state index in [9.17, 15) is 0 Å². The monoisotopic (exact) mass is 246 g/mol. The zero-order chi connectivity index (χ0) is 12.3. The van der Waals surface area contributed by atoms with Crippen LogP contribution in [-0.4, -0.2) is 19.5 Å². The molecule has 0 saturated heterocycles. The van der Waals surface area contributed by atoms with Gasteiger partial charge in [0.2, 0.25) is 0 Å². The molecular formula is C12H14N4S. The molecule has 0 aromatic carbocycles. The van der Waals surface area contributed by atoms with Crippen LogP contribution in [0.5, 0.6) is 0 Å². The van der Waals surface area contributed by atoms with E-state index in [0.29, 0.717) is 4.99 Å². The normalized spacial score (nSPS) is 10.4. The van der Waals surface area contributed by atoms with Crippen molar-refractivity contribution in [3.8, 4) is 5.82 Å². The van der Waals surface area contributed by atoms with Gasteiger partial charge < -0.3 is 5.73 Å². The Kier molecular flexibility index (Phi) is 3.49. The molecule has 2 aromatic heterocycles. The van der Waals surface area contributed by atoms with Crippen molar-refractivity contribution in [2.75, 3.05) is 0 Å². The molecule has 0 spiro atoms. The van der Waals surface area contributed by atoms with E-state index in [1.165, 1.54) is 0 Å². The summed E-state index contributed by atoms with van der Waals surface area (Å²) in [6.45, 7) is 2.12. The first kappa shape index (κ1) is 11.7. The van der Waals surface area contributed by atoms with Gasteiger partial charge in [-0.1, -0.05) is 19.1 Å². The Balaban J connectivity index is 2.52. The first-order valence-corrected chi connectivity index (χ1v) is 5.92. The molecule has 2 N–H and O–H groups in total. The van der Waals surface area contributed by atoms with Crippen LogP contribution in [-0.2, 0) is 6.42 Å². The molecule has 17 heavy (non-hydrogen) atoms. The summed E-state index contributed by atoms with van der Waals surface area (Å²) in [4.78, 5) is 9.01. The van der Waals surface area contributed by atoms with Gasteiger partial charge in [0.05, 0.1) is 5.56 Å². The maximum absolute atomic E-state index is 5.70. The molecule has 88 valence electrons. The number of hydrogen-bond donors (Lipinski definition) is 1. The van der Waals surface area contributed by atoms with Crippen molar-refractivity contribution in [3.63, 3.8) is 0 Å². The molecule has 2 rings (SSSR count). The summed E-state index contributed by atoms with van der Waals surface area (Å²) in [6.07, 6.45) is 7.32. The molecule has 0 bridgehead atoms. The maximum Gasteiger partial charge on any atom is 0.148 e. The SMILES string of the molecule is CCCc1nccn1-c1ncccc1C(N)=S. The molecule has 0 unspecified atom stereocenters. The van der Waals surface area contributed by atoms with Crippen molar-refractivity contribution in [1.82, 2.24) is 14.5 Å². The molecule has 0 radical (unpaired) electrons. The second-order valence-corrected chi connectivity index (χ2v) is 4.14. The highest BCUT2D eigenvalue weighted by Gasteiger charge is 2.11. The van der Waals surface area contributed by atoms with E-state index in [-0.39, 0.29) is 0 Å². The Morgan fingerprint density at radius 2 is 2.24 bits per heavy atom. The predicted octanol–water partition coefficient (Wildman–Crippen LogP) is 1.85. The maximum atomic E-state index is 5.70. The smallest absolute Gasteiger partial charge is 0.148 e. The molecule has 0 saturated carbocycles. The number of aryl methyl sites for hydroxylation is 1. The third-order valence-electron chi connectivity index (χ3n) is 2.47. The number of imidazole rings is 1. The number of pyridine rings is 1. The fourth-order valence-electron chi connectivity index (χ4n) is 1.72. The van der Waals surface area contributed by atoms with Gasteiger partial charge in [0.1, 0.15) is 16.6 Å². The Morgan fingerprint density at radius 3 is 2.94 bits per heavy atom. The van der Waals surface area contributed by atoms with E-state index in [0.717, 1.165) is 30.0 Å². The fraction of sp³-hybridized carbons (Fsp3) is 0.250. The zero-order valence-electron chi connectivity index (χ0n) is 9.63. The van der Waals surface area contributed by atoms with Crippen LogP contribution >= 0.6 is 12.2 Å². The van der Waals surface area contributed by atoms with Gasteiger partial charge in [-0.05, 0) is 18.6 Å². The minimum absolute atomic E-state index is 0.351. The molecule has 0 amide bonds. The lowest BCUT2D eigenvalue weighted by molar-refractivity contribution is 0.797. The Bertz CT molecular complexity index is 533. The lowest BCUT2D eigenvalue weighted by atomic mass is 10.2. The molecular weight excluding hydrogens is 232 g/mol. The lowest BCUT2D eigenvalue weighted by Gasteiger charge is -2.10. The first-order valence-electron chi connectivity index (χ1n) is 5.51. The average Bonchev–Trinajstić information content (AvgIpc) is 2.77. The number of nitrogens with zero attached hydrogens (tertiary/aromatic N) is 3. The second kappa shape index (κ2) is 5.05. The summed E-state index contributed by atoms with van der Waals surface area (Å²) < 4.78 is 1.94. The van der Waals surface area contributed by atoms with Gasteiger partial charge in [-0.25, -0.2) is 9.97 Å². The van der Waals surface area contributed by atoms with Gasteiger partial charge in [-0.2, -0.15) is 0 Å². The molecule has 5 heteroatoms.